The molecule has 0 atom stereocenters. The summed E-state index contributed by atoms with van der Waals surface area (Å²) in [6.07, 6.45) is 0. The normalized spacial score (nSPS) is 11.1. The van der Waals surface area contributed by atoms with Crippen LogP contribution in [0.2, 0.25) is 0 Å². The summed E-state index contributed by atoms with van der Waals surface area (Å²) in [5, 5.41) is 7.47. The molecule has 0 spiro atoms. The van der Waals surface area contributed by atoms with Crippen molar-refractivity contribution >= 4 is 16.9 Å². The van der Waals surface area contributed by atoms with Crippen LogP contribution < -0.4 is 5.32 Å². The van der Waals surface area contributed by atoms with Crippen molar-refractivity contribution in [2.45, 2.75) is 13.8 Å². The number of benzene rings is 1. The first-order chi connectivity index (χ1) is 11.1. The molecule has 0 aliphatic rings. The molecule has 0 unspecified atom stereocenters. The minimum atomic E-state index is -0.439. The zero-order valence-corrected chi connectivity index (χ0v) is 13.2. The quantitative estimate of drug-likeness (QED) is 0.727. The van der Waals surface area contributed by atoms with Gasteiger partial charge in [0, 0.05) is 24.6 Å². The second kappa shape index (κ2) is 6.21. The van der Waals surface area contributed by atoms with Crippen molar-refractivity contribution in [1.29, 1.82) is 0 Å². The average molecular weight is 315 g/mol. The van der Waals surface area contributed by atoms with Gasteiger partial charge in [-0.25, -0.2) is 0 Å². The van der Waals surface area contributed by atoms with Crippen LogP contribution in [-0.2, 0) is 4.74 Å². The van der Waals surface area contributed by atoms with E-state index < -0.39 is 5.91 Å². The number of fused-ring (bicyclic) bond motifs is 1. The molecule has 7 heteroatoms. The number of para-hydroxylation sites is 1. The molecule has 23 heavy (non-hydrogen) atoms. The Labute approximate surface area is 132 Å². The van der Waals surface area contributed by atoms with Crippen molar-refractivity contribution in [2.75, 3.05) is 20.3 Å². The first-order valence-electron chi connectivity index (χ1n) is 7.21. The van der Waals surface area contributed by atoms with E-state index in [1.807, 2.05) is 32.0 Å². The maximum Gasteiger partial charge on any atom is 0.316 e. The highest BCUT2D eigenvalue weighted by molar-refractivity contribution is 5.91. The SMILES string of the molecule is COCCNC(=O)c1nc(-c2oc3c(C)cccc3c2C)no1. The molecule has 0 saturated heterocycles. The smallest absolute Gasteiger partial charge is 0.316 e. The van der Waals surface area contributed by atoms with E-state index in [0.717, 1.165) is 22.1 Å². The summed E-state index contributed by atoms with van der Waals surface area (Å²) in [5.41, 5.74) is 2.73. The van der Waals surface area contributed by atoms with Gasteiger partial charge in [0.15, 0.2) is 5.76 Å². The fourth-order valence-electron chi connectivity index (χ4n) is 2.35. The number of hydrogen-bond donors (Lipinski definition) is 1. The molecule has 1 amide bonds. The number of carbonyl (C=O) groups excluding carboxylic acids is 1. The van der Waals surface area contributed by atoms with Crippen molar-refractivity contribution in [1.82, 2.24) is 15.5 Å². The second-order valence-electron chi connectivity index (χ2n) is 5.18. The summed E-state index contributed by atoms with van der Waals surface area (Å²) in [5.74, 6) is 0.224. The third kappa shape index (κ3) is 2.83. The van der Waals surface area contributed by atoms with Gasteiger partial charge in [-0.3, -0.25) is 4.79 Å². The second-order valence-corrected chi connectivity index (χ2v) is 5.18. The number of furan rings is 1. The van der Waals surface area contributed by atoms with E-state index in [0.29, 0.717) is 18.9 Å². The molecule has 120 valence electrons. The molecule has 0 saturated carbocycles. The molecule has 1 aromatic carbocycles. The minimum Gasteiger partial charge on any atom is -0.452 e. The number of ether oxygens (including phenoxy) is 1. The minimum absolute atomic E-state index is 0.104. The van der Waals surface area contributed by atoms with E-state index in [4.69, 9.17) is 13.7 Å². The zero-order chi connectivity index (χ0) is 16.4. The van der Waals surface area contributed by atoms with Gasteiger partial charge in [0.05, 0.1) is 6.61 Å². The zero-order valence-electron chi connectivity index (χ0n) is 13.2. The van der Waals surface area contributed by atoms with Gasteiger partial charge < -0.3 is 19.0 Å². The first-order valence-corrected chi connectivity index (χ1v) is 7.21. The van der Waals surface area contributed by atoms with Gasteiger partial charge in [0.25, 0.3) is 0 Å². The fraction of sp³-hybridized carbons (Fsp3) is 0.312. The summed E-state index contributed by atoms with van der Waals surface area (Å²) >= 11 is 0. The first kappa shape index (κ1) is 15.2. The van der Waals surface area contributed by atoms with E-state index in [1.165, 1.54) is 0 Å². The molecular formula is C16H17N3O4. The largest absolute Gasteiger partial charge is 0.452 e. The van der Waals surface area contributed by atoms with Crippen LogP contribution in [0, 0.1) is 13.8 Å². The number of carbonyl (C=O) groups is 1. The van der Waals surface area contributed by atoms with Gasteiger partial charge in [0.2, 0.25) is 5.82 Å². The summed E-state index contributed by atoms with van der Waals surface area (Å²) < 4.78 is 15.8. The Kier molecular flexibility index (Phi) is 4.12. The Morgan fingerprint density at radius 2 is 2.17 bits per heavy atom. The predicted molar refractivity (Wildman–Crippen MR) is 83.2 cm³/mol. The van der Waals surface area contributed by atoms with Gasteiger partial charge >= 0.3 is 11.8 Å². The lowest BCUT2D eigenvalue weighted by molar-refractivity contribution is 0.0893. The number of nitrogens with zero attached hydrogens (tertiary/aromatic N) is 2. The van der Waals surface area contributed by atoms with Crippen LogP contribution in [-0.4, -0.2) is 36.3 Å². The van der Waals surface area contributed by atoms with Crippen molar-refractivity contribution in [3.05, 3.63) is 35.2 Å². The molecular weight excluding hydrogens is 298 g/mol. The molecule has 2 aromatic heterocycles. The third-order valence-corrected chi connectivity index (χ3v) is 3.58. The van der Waals surface area contributed by atoms with Gasteiger partial charge in [-0.1, -0.05) is 23.4 Å². The molecule has 1 N–H and O–H groups in total. The Morgan fingerprint density at radius 1 is 1.35 bits per heavy atom. The van der Waals surface area contributed by atoms with E-state index in [9.17, 15) is 4.79 Å². The third-order valence-electron chi connectivity index (χ3n) is 3.58. The Morgan fingerprint density at radius 3 is 2.91 bits per heavy atom. The van der Waals surface area contributed by atoms with Crippen molar-refractivity contribution in [3.8, 4) is 11.6 Å². The van der Waals surface area contributed by atoms with Crippen LogP contribution in [0.4, 0.5) is 0 Å². The number of rotatable bonds is 5. The van der Waals surface area contributed by atoms with Crippen molar-refractivity contribution in [2.24, 2.45) is 0 Å². The molecule has 0 aliphatic carbocycles. The van der Waals surface area contributed by atoms with Crippen LogP contribution >= 0.6 is 0 Å². The molecule has 0 fully saturated rings. The monoisotopic (exact) mass is 315 g/mol. The predicted octanol–water partition coefficient (Wildman–Crippen LogP) is 2.48. The highest BCUT2D eigenvalue weighted by Gasteiger charge is 2.21. The number of aromatic nitrogens is 2. The Hall–Kier alpha value is -2.67. The van der Waals surface area contributed by atoms with Crippen molar-refractivity contribution < 1.29 is 18.5 Å². The topological polar surface area (TPSA) is 90.4 Å². The number of amides is 1. The highest BCUT2D eigenvalue weighted by Crippen LogP contribution is 2.32. The Balaban J connectivity index is 1.90. The van der Waals surface area contributed by atoms with Gasteiger partial charge in [-0.05, 0) is 19.4 Å². The van der Waals surface area contributed by atoms with Gasteiger partial charge in [-0.15, -0.1) is 0 Å². The molecule has 0 bridgehead atoms. The molecule has 7 nitrogen and oxygen atoms in total. The summed E-state index contributed by atoms with van der Waals surface area (Å²) in [6.45, 7) is 4.68. The number of nitrogens with one attached hydrogen (secondary N) is 1. The number of aryl methyl sites for hydroxylation is 2. The number of hydrogen-bond acceptors (Lipinski definition) is 6. The van der Waals surface area contributed by atoms with E-state index in [-0.39, 0.29) is 11.7 Å². The van der Waals surface area contributed by atoms with E-state index in [2.05, 4.69) is 15.5 Å². The maximum atomic E-state index is 11.9. The van der Waals surface area contributed by atoms with Gasteiger partial charge in [0.1, 0.15) is 5.58 Å². The average Bonchev–Trinajstić information content (AvgIpc) is 3.14. The van der Waals surface area contributed by atoms with Crippen LogP contribution in [0.25, 0.3) is 22.6 Å². The summed E-state index contributed by atoms with van der Waals surface area (Å²) in [4.78, 5) is 16.0. The standard InChI is InChI=1S/C16H17N3O4/c1-9-5-4-6-11-10(2)13(22-12(9)11)14-18-16(23-19-14)15(20)17-7-8-21-3/h4-6H,7-8H2,1-3H3,(H,17,20). The van der Waals surface area contributed by atoms with Crippen LogP contribution in [0.3, 0.4) is 0 Å². The van der Waals surface area contributed by atoms with Crippen molar-refractivity contribution in [3.63, 3.8) is 0 Å². The fourth-order valence-corrected chi connectivity index (χ4v) is 2.35. The summed E-state index contributed by atoms with van der Waals surface area (Å²) in [6, 6.07) is 5.91. The van der Waals surface area contributed by atoms with E-state index in [1.54, 1.807) is 7.11 Å². The Bertz CT molecular complexity index is 850. The molecule has 3 aromatic rings. The summed E-state index contributed by atoms with van der Waals surface area (Å²) in [7, 11) is 1.56. The molecule has 3 rings (SSSR count). The highest BCUT2D eigenvalue weighted by atomic mass is 16.5. The lowest BCUT2D eigenvalue weighted by Crippen LogP contribution is -2.27. The molecule has 0 radical (unpaired) electrons. The van der Waals surface area contributed by atoms with E-state index >= 15 is 0 Å². The van der Waals surface area contributed by atoms with Crippen LogP contribution in [0.15, 0.2) is 27.1 Å². The van der Waals surface area contributed by atoms with Gasteiger partial charge in [-0.2, -0.15) is 4.98 Å². The van der Waals surface area contributed by atoms with Crippen LogP contribution in [0.5, 0.6) is 0 Å². The number of methoxy groups -OCH3 is 1. The maximum absolute atomic E-state index is 11.9. The lowest BCUT2D eigenvalue weighted by Gasteiger charge is -1.99. The molecule has 2 heterocycles. The molecule has 0 aliphatic heterocycles. The van der Waals surface area contributed by atoms with Crippen LogP contribution in [0.1, 0.15) is 21.8 Å². The lowest BCUT2D eigenvalue weighted by atomic mass is 10.1.